The zero-order chi connectivity index (χ0) is 29.0. The van der Waals surface area contributed by atoms with Gasteiger partial charge in [-0.05, 0) is 85.6 Å². The molecule has 3 aromatic carbocycles. The van der Waals surface area contributed by atoms with Gasteiger partial charge >= 0.3 is 16.1 Å². The molecular formula is C28H22BrClN2O7S. The smallest absolute Gasteiger partial charge is 0.339 e. The predicted octanol–water partition coefficient (Wildman–Crippen LogP) is 5.66. The monoisotopic (exact) mass is 644 g/mol. The lowest BCUT2D eigenvalue weighted by molar-refractivity contribution is -0.122. The molecule has 0 atom stereocenters. The maximum absolute atomic E-state index is 13.3. The third-order valence-electron chi connectivity index (χ3n) is 5.61. The molecule has 9 nitrogen and oxygen atoms in total. The van der Waals surface area contributed by atoms with Crippen LogP contribution < -0.4 is 19.1 Å². The van der Waals surface area contributed by atoms with Crippen LogP contribution in [-0.2, 0) is 26.1 Å². The van der Waals surface area contributed by atoms with E-state index in [0.29, 0.717) is 16.1 Å². The minimum absolute atomic E-state index is 0.0649. The topological polar surface area (TPSA) is 119 Å². The number of allylic oxidation sites excluding steroid dienone is 1. The van der Waals surface area contributed by atoms with Crippen molar-refractivity contribution in [1.82, 2.24) is 5.32 Å². The van der Waals surface area contributed by atoms with Crippen molar-refractivity contribution in [3.63, 3.8) is 0 Å². The number of ether oxygens (including phenoxy) is 1. The molecule has 1 saturated heterocycles. The van der Waals surface area contributed by atoms with Crippen molar-refractivity contribution in [2.75, 3.05) is 11.5 Å². The van der Waals surface area contributed by atoms with Crippen LogP contribution in [0.4, 0.5) is 10.5 Å². The summed E-state index contributed by atoms with van der Waals surface area (Å²) in [5, 5.41) is 2.54. The van der Waals surface area contributed by atoms with Gasteiger partial charge in [0.15, 0.2) is 11.5 Å². The van der Waals surface area contributed by atoms with Gasteiger partial charge in [-0.25, -0.2) is 9.69 Å². The number of hydrogen-bond donors (Lipinski definition) is 1. The van der Waals surface area contributed by atoms with Gasteiger partial charge in [0.2, 0.25) is 0 Å². The van der Waals surface area contributed by atoms with Crippen LogP contribution in [0.25, 0.3) is 6.08 Å². The summed E-state index contributed by atoms with van der Waals surface area (Å²) < 4.78 is 38.0. The van der Waals surface area contributed by atoms with E-state index in [1.807, 2.05) is 0 Å². The summed E-state index contributed by atoms with van der Waals surface area (Å²) in [6.07, 6.45) is 3.00. The number of carbonyl (C=O) groups is 3. The van der Waals surface area contributed by atoms with Gasteiger partial charge < -0.3 is 8.92 Å². The van der Waals surface area contributed by atoms with Gasteiger partial charge in [-0.2, -0.15) is 8.42 Å². The first-order chi connectivity index (χ1) is 19.0. The molecule has 1 aliphatic heterocycles. The number of urea groups is 1. The Kier molecular flexibility index (Phi) is 8.77. The molecule has 1 N–H and O–H groups in total. The summed E-state index contributed by atoms with van der Waals surface area (Å²) >= 11 is 9.19. The van der Waals surface area contributed by atoms with Gasteiger partial charge in [0.25, 0.3) is 11.8 Å². The third-order valence-corrected chi connectivity index (χ3v) is 7.63. The second-order valence-corrected chi connectivity index (χ2v) is 11.3. The number of benzene rings is 3. The molecule has 0 unspecified atom stereocenters. The van der Waals surface area contributed by atoms with Gasteiger partial charge in [0.1, 0.15) is 10.5 Å². The second-order valence-electron chi connectivity index (χ2n) is 8.36. The molecule has 4 amide bonds. The fraction of sp³-hybridized carbons (Fsp3) is 0.107. The molecule has 12 heteroatoms. The molecule has 206 valence electrons. The molecule has 4 rings (SSSR count). The minimum Gasteiger partial charge on any atom is -0.490 e. The summed E-state index contributed by atoms with van der Waals surface area (Å²) in [7, 11) is -4.27. The summed E-state index contributed by atoms with van der Waals surface area (Å²) in [4.78, 5) is 39.2. The SMILES string of the molecule is C=CCc1cc(/C=C2\C(=O)NC(=O)N(c3ccc(Br)cc3)C2=O)cc(OCC)c1OS(=O)(=O)c1ccc(Cl)cc1. The molecule has 1 fully saturated rings. The molecule has 0 aromatic heterocycles. The van der Waals surface area contributed by atoms with Crippen molar-refractivity contribution >= 4 is 67.3 Å². The van der Waals surface area contributed by atoms with Crippen molar-refractivity contribution in [3.8, 4) is 11.5 Å². The minimum atomic E-state index is -4.27. The standard InChI is InChI=1S/C28H22BrClN2O7S/c1-3-5-18-14-17(15-23-26(33)31-28(35)32(27(23)34)21-10-6-19(29)7-11-21)16-24(38-4-2)25(18)39-40(36,37)22-12-8-20(30)9-13-22/h3,6-16H,1,4-5H2,2H3,(H,31,33,35)/b23-15+. The van der Waals surface area contributed by atoms with Crippen molar-refractivity contribution < 1.29 is 31.7 Å². The van der Waals surface area contributed by atoms with E-state index in [1.165, 1.54) is 42.5 Å². The van der Waals surface area contributed by atoms with Crippen LogP contribution in [0.2, 0.25) is 5.02 Å². The normalized spacial score (nSPS) is 14.7. The van der Waals surface area contributed by atoms with Gasteiger partial charge in [-0.15, -0.1) is 6.58 Å². The summed E-state index contributed by atoms with van der Waals surface area (Å²) in [5.41, 5.74) is 0.662. The lowest BCUT2D eigenvalue weighted by atomic mass is 10.0. The molecular weight excluding hydrogens is 624 g/mol. The number of halogens is 2. The number of hydrogen-bond acceptors (Lipinski definition) is 7. The van der Waals surface area contributed by atoms with Gasteiger partial charge in [-0.3, -0.25) is 14.9 Å². The van der Waals surface area contributed by atoms with Crippen molar-refractivity contribution in [1.29, 1.82) is 0 Å². The van der Waals surface area contributed by atoms with Gasteiger partial charge in [0.05, 0.1) is 12.3 Å². The van der Waals surface area contributed by atoms with Crippen LogP contribution in [0.3, 0.4) is 0 Å². The Morgan fingerprint density at radius 2 is 1.73 bits per heavy atom. The Labute approximate surface area is 244 Å². The second kappa shape index (κ2) is 12.1. The quantitative estimate of drug-likeness (QED) is 0.138. The average Bonchev–Trinajstić information content (AvgIpc) is 2.90. The zero-order valence-corrected chi connectivity index (χ0v) is 24.2. The van der Waals surface area contributed by atoms with E-state index in [2.05, 4.69) is 27.8 Å². The summed E-state index contributed by atoms with van der Waals surface area (Å²) in [5.74, 6) is -1.71. The first kappa shape index (κ1) is 29.1. The van der Waals surface area contributed by atoms with Crippen LogP contribution in [0.15, 0.2) is 88.3 Å². The maximum atomic E-state index is 13.3. The van der Waals surface area contributed by atoms with E-state index >= 15 is 0 Å². The fourth-order valence-corrected chi connectivity index (χ4v) is 5.20. The predicted molar refractivity (Wildman–Crippen MR) is 154 cm³/mol. The first-order valence-electron chi connectivity index (χ1n) is 11.8. The average molecular weight is 646 g/mol. The largest absolute Gasteiger partial charge is 0.490 e. The molecule has 3 aromatic rings. The van der Waals surface area contributed by atoms with Gasteiger partial charge in [-0.1, -0.05) is 33.6 Å². The van der Waals surface area contributed by atoms with E-state index in [-0.39, 0.29) is 40.7 Å². The highest BCUT2D eigenvalue weighted by atomic mass is 79.9. The van der Waals surface area contributed by atoms with Crippen LogP contribution in [0.1, 0.15) is 18.1 Å². The highest BCUT2D eigenvalue weighted by molar-refractivity contribution is 9.10. The highest BCUT2D eigenvalue weighted by Crippen LogP contribution is 2.37. The van der Waals surface area contributed by atoms with Crippen LogP contribution in [0.5, 0.6) is 11.5 Å². The zero-order valence-electron chi connectivity index (χ0n) is 21.0. The molecule has 40 heavy (non-hydrogen) atoms. The van der Waals surface area contributed by atoms with E-state index in [4.69, 9.17) is 20.5 Å². The molecule has 0 bridgehead atoms. The molecule has 0 aliphatic carbocycles. The number of carbonyl (C=O) groups excluding carboxylic acids is 3. The number of barbiturate groups is 1. The van der Waals surface area contributed by atoms with Crippen LogP contribution in [-0.4, -0.2) is 32.9 Å². The van der Waals surface area contributed by atoms with E-state index in [1.54, 1.807) is 37.3 Å². The van der Waals surface area contributed by atoms with Crippen LogP contribution in [0, 0.1) is 0 Å². The Morgan fingerprint density at radius 1 is 1.05 bits per heavy atom. The number of imide groups is 2. The number of amides is 4. The van der Waals surface area contributed by atoms with Crippen molar-refractivity contribution in [3.05, 3.63) is 99.5 Å². The number of nitrogens with one attached hydrogen (secondary N) is 1. The lowest BCUT2D eigenvalue weighted by Crippen LogP contribution is -2.54. The highest BCUT2D eigenvalue weighted by Gasteiger charge is 2.37. The Morgan fingerprint density at radius 3 is 2.35 bits per heavy atom. The Hall–Kier alpha value is -3.93. The van der Waals surface area contributed by atoms with Crippen LogP contribution >= 0.6 is 27.5 Å². The lowest BCUT2D eigenvalue weighted by Gasteiger charge is -2.26. The Balaban J connectivity index is 1.78. The van der Waals surface area contributed by atoms with E-state index in [0.717, 1.165) is 9.37 Å². The number of nitrogens with zero attached hydrogens (tertiary/aromatic N) is 1. The van der Waals surface area contributed by atoms with E-state index < -0.39 is 28.0 Å². The van der Waals surface area contributed by atoms with Crippen molar-refractivity contribution in [2.24, 2.45) is 0 Å². The summed E-state index contributed by atoms with van der Waals surface area (Å²) in [6.45, 7) is 5.59. The molecule has 1 heterocycles. The number of anilines is 1. The summed E-state index contributed by atoms with van der Waals surface area (Å²) in [6, 6.07) is 14.0. The Bertz CT molecular complexity index is 1640. The number of rotatable bonds is 9. The first-order valence-corrected chi connectivity index (χ1v) is 14.4. The van der Waals surface area contributed by atoms with Gasteiger partial charge in [0, 0.05) is 15.1 Å². The molecule has 0 spiro atoms. The third kappa shape index (κ3) is 6.27. The maximum Gasteiger partial charge on any atom is 0.339 e. The van der Waals surface area contributed by atoms with Crippen molar-refractivity contribution in [2.45, 2.75) is 18.2 Å². The molecule has 0 radical (unpaired) electrons. The molecule has 0 saturated carbocycles. The molecule has 1 aliphatic rings. The van der Waals surface area contributed by atoms with E-state index in [9.17, 15) is 22.8 Å². The fourth-order valence-electron chi connectivity index (χ4n) is 3.84.